The third kappa shape index (κ3) is 14.0. The van der Waals surface area contributed by atoms with E-state index in [1.807, 2.05) is 31.4 Å². The predicted octanol–water partition coefficient (Wildman–Crippen LogP) is 5.80. The average Bonchev–Trinajstić information content (AvgIpc) is 2.69. The summed E-state index contributed by atoms with van der Waals surface area (Å²) in [7, 11) is 9.76. The van der Waals surface area contributed by atoms with Crippen LogP contribution in [0.5, 0.6) is 0 Å². The lowest BCUT2D eigenvalue weighted by Crippen LogP contribution is -2.33. The summed E-state index contributed by atoms with van der Waals surface area (Å²) < 4.78 is 22.8. The maximum atomic E-state index is 5.69. The van der Waals surface area contributed by atoms with Gasteiger partial charge in [0.05, 0.1) is 9.75 Å². The smallest absolute Gasteiger partial charge is 0.335 e. The van der Waals surface area contributed by atoms with Crippen LogP contribution in [0, 0.1) is 0 Å². The van der Waals surface area contributed by atoms with Gasteiger partial charge in [-0.25, -0.2) is 0 Å². The second kappa shape index (κ2) is 20.6. The van der Waals surface area contributed by atoms with Gasteiger partial charge in [-0.3, -0.25) is 0 Å². The van der Waals surface area contributed by atoms with Crippen molar-refractivity contribution in [3.05, 3.63) is 0 Å². The van der Waals surface area contributed by atoms with E-state index in [4.69, 9.17) is 17.7 Å². The first-order chi connectivity index (χ1) is 13.2. The molecule has 2 atom stereocenters. The third-order valence-electron chi connectivity index (χ3n) is 4.55. The summed E-state index contributed by atoms with van der Waals surface area (Å²) in [6, 6.07) is 0. The van der Waals surface area contributed by atoms with E-state index in [9.17, 15) is 0 Å². The van der Waals surface area contributed by atoms with E-state index >= 15 is 0 Å². The summed E-state index contributed by atoms with van der Waals surface area (Å²) in [5.74, 6) is 0. The summed E-state index contributed by atoms with van der Waals surface area (Å²) >= 11 is 0. The van der Waals surface area contributed by atoms with Gasteiger partial charge < -0.3 is 17.7 Å². The van der Waals surface area contributed by atoms with E-state index in [-0.39, 0.29) is 0 Å². The summed E-state index contributed by atoms with van der Waals surface area (Å²) in [4.78, 5) is 0.973. The molecule has 0 bridgehead atoms. The fourth-order valence-electron chi connectivity index (χ4n) is 2.93. The van der Waals surface area contributed by atoms with E-state index in [1.165, 1.54) is 64.2 Å². The van der Waals surface area contributed by atoms with Gasteiger partial charge in [0, 0.05) is 28.4 Å². The van der Waals surface area contributed by atoms with Gasteiger partial charge in [0.1, 0.15) is 0 Å². The van der Waals surface area contributed by atoms with Gasteiger partial charge in [0.25, 0.3) is 0 Å². The first kappa shape index (κ1) is 28.3. The molecule has 0 radical (unpaired) electrons. The average molecular weight is 475 g/mol. The van der Waals surface area contributed by atoms with Crippen LogP contribution >= 0.6 is 31.4 Å². The third-order valence-corrected chi connectivity index (χ3v) is 16.1. The van der Waals surface area contributed by atoms with Crippen LogP contribution in [0.15, 0.2) is 0 Å². The monoisotopic (exact) mass is 474 g/mol. The maximum Gasteiger partial charge on any atom is 0.335 e. The molecule has 0 aromatic carbocycles. The van der Waals surface area contributed by atoms with Crippen molar-refractivity contribution in [3.63, 3.8) is 0 Å². The Balaban J connectivity index is 4.53. The van der Waals surface area contributed by atoms with E-state index in [2.05, 4.69) is 13.8 Å². The molecule has 0 amide bonds. The number of rotatable bonds is 20. The van der Waals surface area contributed by atoms with Gasteiger partial charge in [-0.1, -0.05) is 86.8 Å². The van der Waals surface area contributed by atoms with Crippen LogP contribution in [0.1, 0.15) is 78.1 Å². The van der Waals surface area contributed by atoms with Crippen molar-refractivity contribution in [2.24, 2.45) is 0 Å². The molecular weight excluding hydrogens is 433 g/mol. The first-order valence-electron chi connectivity index (χ1n) is 10.3. The van der Waals surface area contributed by atoms with Crippen LogP contribution in [-0.2, 0) is 17.7 Å². The largest absolute Gasteiger partial charge is 0.399 e. The van der Waals surface area contributed by atoms with Gasteiger partial charge in [0.15, 0.2) is 0 Å². The van der Waals surface area contributed by atoms with Crippen molar-refractivity contribution >= 4 is 50.0 Å². The summed E-state index contributed by atoms with van der Waals surface area (Å²) in [6.07, 6.45) is 12.7. The molecule has 0 aliphatic heterocycles. The standard InChI is InChI=1S/C18H42O4S3Si2/c1-7-9-11-13-15-17(26(19-3)20-4)23-25-24-18(27(21-5)22-6)16-14-12-10-8-2/h17-18,26-27H,7-16H2,1-6H3. The van der Waals surface area contributed by atoms with E-state index in [1.54, 1.807) is 28.4 Å². The van der Waals surface area contributed by atoms with Crippen LogP contribution in [0.3, 0.4) is 0 Å². The number of hydrogen-bond acceptors (Lipinski definition) is 7. The minimum Gasteiger partial charge on any atom is -0.399 e. The Bertz CT molecular complexity index is 284. The molecule has 0 heterocycles. The first-order valence-corrected chi connectivity index (χ1v) is 17.1. The van der Waals surface area contributed by atoms with E-state index < -0.39 is 18.6 Å². The number of unbranched alkanes of at least 4 members (excludes halogenated alkanes) is 6. The predicted molar refractivity (Wildman–Crippen MR) is 130 cm³/mol. The molecule has 0 saturated heterocycles. The van der Waals surface area contributed by atoms with Gasteiger partial charge in [-0.2, -0.15) is 0 Å². The van der Waals surface area contributed by atoms with Crippen molar-refractivity contribution in [1.82, 2.24) is 0 Å². The van der Waals surface area contributed by atoms with Gasteiger partial charge in [0.2, 0.25) is 0 Å². The topological polar surface area (TPSA) is 36.9 Å². The molecule has 4 nitrogen and oxygen atoms in total. The number of hydrogen-bond donors (Lipinski definition) is 0. The molecule has 0 saturated carbocycles. The van der Waals surface area contributed by atoms with Crippen LogP contribution < -0.4 is 0 Å². The molecule has 0 aliphatic carbocycles. The summed E-state index contributed by atoms with van der Waals surface area (Å²) in [6.45, 7) is 4.51. The molecule has 0 spiro atoms. The van der Waals surface area contributed by atoms with Crippen molar-refractivity contribution < 1.29 is 17.7 Å². The highest BCUT2D eigenvalue weighted by molar-refractivity contribution is 9.09. The highest BCUT2D eigenvalue weighted by Gasteiger charge is 2.29. The van der Waals surface area contributed by atoms with Crippen LogP contribution in [0.25, 0.3) is 0 Å². The van der Waals surface area contributed by atoms with Crippen molar-refractivity contribution in [2.45, 2.75) is 87.8 Å². The van der Waals surface area contributed by atoms with Crippen LogP contribution in [-0.4, -0.2) is 56.8 Å². The Morgan fingerprint density at radius 3 is 1.26 bits per heavy atom. The zero-order valence-corrected chi connectivity index (χ0v) is 23.0. The van der Waals surface area contributed by atoms with Gasteiger partial charge in [-0.15, -0.1) is 0 Å². The molecule has 0 N–H and O–H groups in total. The Hall–Kier alpha value is 1.32. The van der Waals surface area contributed by atoms with Crippen molar-refractivity contribution in [3.8, 4) is 0 Å². The quantitative estimate of drug-likeness (QED) is 0.125. The normalized spacial score (nSPS) is 14.2. The second-order valence-corrected chi connectivity index (χ2v) is 17.2. The van der Waals surface area contributed by atoms with Gasteiger partial charge >= 0.3 is 18.6 Å². The molecule has 164 valence electrons. The lowest BCUT2D eigenvalue weighted by molar-refractivity contribution is 0.273. The lowest BCUT2D eigenvalue weighted by Gasteiger charge is -2.24. The summed E-state index contributed by atoms with van der Waals surface area (Å²) in [5.41, 5.74) is 0. The summed E-state index contributed by atoms with van der Waals surface area (Å²) in [5, 5.41) is 0. The highest BCUT2D eigenvalue weighted by Crippen LogP contribution is 2.44. The fraction of sp³-hybridized carbons (Fsp3) is 1.00. The maximum absolute atomic E-state index is 5.69. The minimum atomic E-state index is -1.61. The Labute approximate surface area is 183 Å². The molecule has 9 heteroatoms. The fourth-order valence-corrected chi connectivity index (χ4v) is 16.0. The van der Waals surface area contributed by atoms with E-state index in [0.717, 1.165) is 0 Å². The van der Waals surface area contributed by atoms with Crippen molar-refractivity contribution in [2.75, 3.05) is 28.4 Å². The van der Waals surface area contributed by atoms with Gasteiger partial charge in [-0.05, 0) is 22.7 Å². The molecule has 0 aromatic heterocycles. The van der Waals surface area contributed by atoms with Crippen LogP contribution in [0.2, 0.25) is 0 Å². The highest BCUT2D eigenvalue weighted by atomic mass is 33.5. The molecule has 2 unspecified atom stereocenters. The lowest BCUT2D eigenvalue weighted by atomic mass is 10.2. The SMILES string of the molecule is CCCCCCC(SSSC(CCCCCC)[SiH](OC)OC)[SiH](OC)OC. The zero-order valence-electron chi connectivity index (χ0n) is 18.2. The van der Waals surface area contributed by atoms with Crippen molar-refractivity contribution in [1.29, 1.82) is 0 Å². The molecule has 0 fully saturated rings. The Morgan fingerprint density at radius 1 is 0.593 bits per heavy atom. The molecular formula is C18H42O4S3Si2. The molecule has 0 aliphatic rings. The minimum absolute atomic E-state index is 0.486. The Kier molecular flexibility index (Phi) is 21.6. The zero-order chi connectivity index (χ0) is 20.3. The molecule has 0 aromatic rings. The second-order valence-electron chi connectivity index (χ2n) is 6.72. The molecule has 0 rings (SSSR count). The molecule has 27 heavy (non-hydrogen) atoms. The van der Waals surface area contributed by atoms with E-state index in [0.29, 0.717) is 9.75 Å². The Morgan fingerprint density at radius 2 is 0.963 bits per heavy atom. The van der Waals surface area contributed by atoms with Crippen LogP contribution in [0.4, 0.5) is 0 Å².